The fourth-order valence-corrected chi connectivity index (χ4v) is 1.91. The van der Waals surface area contributed by atoms with Crippen LogP contribution in [0.2, 0.25) is 0 Å². The molecule has 0 aliphatic heterocycles. The number of nitrogens with one attached hydrogen (secondary N) is 1. The first kappa shape index (κ1) is 15.8. The van der Waals surface area contributed by atoms with E-state index in [9.17, 15) is 13.6 Å². The maximum atomic E-state index is 13.1. The highest BCUT2D eigenvalue weighted by atomic mass is 19.2. The number of hydrogen-bond donors (Lipinski definition) is 1. The van der Waals surface area contributed by atoms with Gasteiger partial charge in [-0.25, -0.2) is 8.78 Å². The fraction of sp³-hybridized carbons (Fsp3) is 0.188. The molecule has 0 atom stereocenters. The van der Waals surface area contributed by atoms with Crippen LogP contribution < -0.4 is 14.8 Å². The molecule has 0 radical (unpaired) electrons. The van der Waals surface area contributed by atoms with Gasteiger partial charge in [-0.1, -0.05) is 0 Å². The topological polar surface area (TPSA) is 47.6 Å². The van der Waals surface area contributed by atoms with Gasteiger partial charge in [0.1, 0.15) is 11.5 Å². The van der Waals surface area contributed by atoms with Crippen molar-refractivity contribution in [3.8, 4) is 11.5 Å². The molecule has 0 heterocycles. The van der Waals surface area contributed by atoms with Crippen LogP contribution in [0.5, 0.6) is 11.5 Å². The standard InChI is InChI=1S/C16H15F2NO3/c1-21-12-5-3-11(15(8-12)22-2)9-19-16(20)10-4-6-13(17)14(18)7-10/h3-8H,9H2,1-2H3,(H,19,20). The molecule has 116 valence electrons. The maximum absolute atomic E-state index is 13.1. The summed E-state index contributed by atoms with van der Waals surface area (Å²) in [6.07, 6.45) is 0. The monoisotopic (exact) mass is 307 g/mol. The van der Waals surface area contributed by atoms with Crippen molar-refractivity contribution in [2.45, 2.75) is 6.54 Å². The van der Waals surface area contributed by atoms with Crippen LogP contribution in [0.25, 0.3) is 0 Å². The number of amides is 1. The van der Waals surface area contributed by atoms with Crippen LogP contribution >= 0.6 is 0 Å². The van der Waals surface area contributed by atoms with Crippen molar-refractivity contribution < 1.29 is 23.0 Å². The number of rotatable bonds is 5. The highest BCUT2D eigenvalue weighted by Gasteiger charge is 2.11. The van der Waals surface area contributed by atoms with E-state index in [0.29, 0.717) is 11.5 Å². The third-order valence-electron chi connectivity index (χ3n) is 3.12. The molecule has 0 aromatic heterocycles. The van der Waals surface area contributed by atoms with E-state index in [1.807, 2.05) is 0 Å². The fourth-order valence-electron chi connectivity index (χ4n) is 1.91. The molecule has 6 heteroatoms. The summed E-state index contributed by atoms with van der Waals surface area (Å²) in [6.45, 7) is 0.186. The molecule has 0 fully saturated rings. The largest absolute Gasteiger partial charge is 0.497 e. The molecule has 2 aromatic rings. The second-order valence-corrected chi connectivity index (χ2v) is 4.49. The van der Waals surface area contributed by atoms with Gasteiger partial charge in [0, 0.05) is 23.7 Å². The normalized spacial score (nSPS) is 10.2. The summed E-state index contributed by atoms with van der Waals surface area (Å²) in [5, 5.41) is 2.63. The van der Waals surface area contributed by atoms with Crippen molar-refractivity contribution >= 4 is 5.91 Å². The Morgan fingerprint density at radius 3 is 2.45 bits per heavy atom. The first-order valence-corrected chi connectivity index (χ1v) is 6.49. The van der Waals surface area contributed by atoms with Crippen LogP contribution in [-0.4, -0.2) is 20.1 Å². The lowest BCUT2D eigenvalue weighted by molar-refractivity contribution is 0.0950. The first-order chi connectivity index (χ1) is 10.5. The van der Waals surface area contributed by atoms with Crippen molar-refractivity contribution in [2.75, 3.05) is 14.2 Å². The molecule has 0 bridgehead atoms. The molecular weight excluding hydrogens is 292 g/mol. The van der Waals surface area contributed by atoms with E-state index in [4.69, 9.17) is 9.47 Å². The molecule has 0 saturated heterocycles. The summed E-state index contributed by atoms with van der Waals surface area (Å²) < 4.78 is 36.3. The molecule has 4 nitrogen and oxygen atoms in total. The minimum absolute atomic E-state index is 0.0476. The van der Waals surface area contributed by atoms with E-state index in [0.717, 1.165) is 17.7 Å². The number of halogens is 2. The van der Waals surface area contributed by atoms with Gasteiger partial charge < -0.3 is 14.8 Å². The molecule has 2 rings (SSSR count). The second-order valence-electron chi connectivity index (χ2n) is 4.49. The summed E-state index contributed by atoms with van der Waals surface area (Å²) in [4.78, 5) is 11.9. The zero-order valence-electron chi connectivity index (χ0n) is 12.2. The minimum Gasteiger partial charge on any atom is -0.497 e. The van der Waals surface area contributed by atoms with Crippen molar-refractivity contribution in [2.24, 2.45) is 0 Å². The molecule has 1 N–H and O–H groups in total. The average molecular weight is 307 g/mol. The molecule has 0 aliphatic rings. The van der Waals surface area contributed by atoms with Gasteiger partial charge in [-0.15, -0.1) is 0 Å². The lowest BCUT2D eigenvalue weighted by Crippen LogP contribution is -2.23. The molecular formula is C16H15F2NO3. The van der Waals surface area contributed by atoms with Crippen molar-refractivity contribution in [1.82, 2.24) is 5.32 Å². The van der Waals surface area contributed by atoms with Crippen LogP contribution in [0.3, 0.4) is 0 Å². The van der Waals surface area contributed by atoms with Crippen molar-refractivity contribution in [3.63, 3.8) is 0 Å². The Bertz CT molecular complexity index is 689. The smallest absolute Gasteiger partial charge is 0.251 e. The SMILES string of the molecule is COc1ccc(CNC(=O)c2ccc(F)c(F)c2)c(OC)c1. The van der Waals surface area contributed by atoms with Gasteiger partial charge in [0.05, 0.1) is 14.2 Å². The van der Waals surface area contributed by atoms with Crippen LogP contribution in [0, 0.1) is 11.6 Å². The third kappa shape index (κ3) is 3.52. The number of ether oxygens (including phenoxy) is 2. The van der Waals surface area contributed by atoms with Crippen LogP contribution in [0.4, 0.5) is 8.78 Å². The predicted molar refractivity (Wildman–Crippen MR) is 77.1 cm³/mol. The van der Waals surface area contributed by atoms with Crippen LogP contribution in [0.1, 0.15) is 15.9 Å². The summed E-state index contributed by atoms with van der Waals surface area (Å²) >= 11 is 0. The van der Waals surface area contributed by atoms with E-state index in [1.165, 1.54) is 13.2 Å². The van der Waals surface area contributed by atoms with E-state index < -0.39 is 17.5 Å². The Hall–Kier alpha value is -2.63. The Morgan fingerprint density at radius 2 is 1.82 bits per heavy atom. The first-order valence-electron chi connectivity index (χ1n) is 6.49. The van der Waals surface area contributed by atoms with E-state index in [-0.39, 0.29) is 12.1 Å². The van der Waals surface area contributed by atoms with E-state index in [1.54, 1.807) is 25.3 Å². The summed E-state index contributed by atoms with van der Waals surface area (Å²) in [5.74, 6) is -1.36. The Balaban J connectivity index is 2.09. The van der Waals surface area contributed by atoms with E-state index >= 15 is 0 Å². The second kappa shape index (κ2) is 6.89. The Morgan fingerprint density at radius 1 is 1.05 bits per heavy atom. The summed E-state index contributed by atoms with van der Waals surface area (Å²) in [6, 6.07) is 8.18. The number of benzene rings is 2. The van der Waals surface area contributed by atoms with Gasteiger partial charge in [0.15, 0.2) is 11.6 Å². The zero-order chi connectivity index (χ0) is 16.1. The average Bonchev–Trinajstić information content (AvgIpc) is 2.54. The molecule has 0 unspecified atom stereocenters. The van der Waals surface area contributed by atoms with Gasteiger partial charge in [-0.3, -0.25) is 4.79 Å². The third-order valence-corrected chi connectivity index (χ3v) is 3.12. The van der Waals surface area contributed by atoms with Crippen molar-refractivity contribution in [1.29, 1.82) is 0 Å². The predicted octanol–water partition coefficient (Wildman–Crippen LogP) is 2.91. The Labute approximate surface area is 126 Å². The highest BCUT2D eigenvalue weighted by molar-refractivity contribution is 5.94. The quantitative estimate of drug-likeness (QED) is 0.924. The van der Waals surface area contributed by atoms with Gasteiger partial charge in [-0.2, -0.15) is 0 Å². The van der Waals surface area contributed by atoms with Crippen LogP contribution in [-0.2, 0) is 6.54 Å². The zero-order valence-corrected chi connectivity index (χ0v) is 12.2. The molecule has 0 saturated carbocycles. The molecule has 2 aromatic carbocycles. The van der Waals surface area contributed by atoms with Gasteiger partial charge >= 0.3 is 0 Å². The molecule has 22 heavy (non-hydrogen) atoms. The Kier molecular flexibility index (Phi) is 4.93. The van der Waals surface area contributed by atoms with E-state index in [2.05, 4.69) is 5.32 Å². The summed E-state index contributed by atoms with van der Waals surface area (Å²) in [5.41, 5.74) is 0.783. The highest BCUT2D eigenvalue weighted by Crippen LogP contribution is 2.24. The number of methoxy groups -OCH3 is 2. The summed E-state index contributed by atoms with van der Waals surface area (Å²) in [7, 11) is 3.05. The number of carbonyl (C=O) groups is 1. The van der Waals surface area contributed by atoms with Gasteiger partial charge in [0.25, 0.3) is 5.91 Å². The van der Waals surface area contributed by atoms with Gasteiger partial charge in [0.2, 0.25) is 0 Å². The molecule has 0 aliphatic carbocycles. The molecule has 1 amide bonds. The number of carbonyl (C=O) groups excluding carboxylic acids is 1. The van der Waals surface area contributed by atoms with Crippen LogP contribution in [0.15, 0.2) is 36.4 Å². The lowest BCUT2D eigenvalue weighted by atomic mass is 10.1. The maximum Gasteiger partial charge on any atom is 0.251 e. The van der Waals surface area contributed by atoms with Crippen molar-refractivity contribution in [3.05, 3.63) is 59.2 Å². The minimum atomic E-state index is -1.06. The van der Waals surface area contributed by atoms with Gasteiger partial charge in [-0.05, 0) is 30.3 Å². The number of hydrogen-bond acceptors (Lipinski definition) is 3. The molecule has 0 spiro atoms. The lowest BCUT2D eigenvalue weighted by Gasteiger charge is -2.11.